The summed E-state index contributed by atoms with van der Waals surface area (Å²) in [5, 5.41) is 15.7. The predicted octanol–water partition coefficient (Wildman–Crippen LogP) is 2.92. The first kappa shape index (κ1) is 20.6. The number of nitrogens with zero attached hydrogens (tertiary/aromatic N) is 1. The van der Waals surface area contributed by atoms with E-state index in [1.165, 1.54) is 24.3 Å². The second kappa shape index (κ2) is 9.81. The van der Waals surface area contributed by atoms with Crippen molar-refractivity contribution in [2.75, 3.05) is 11.9 Å². The van der Waals surface area contributed by atoms with E-state index in [1.807, 2.05) is 0 Å². The van der Waals surface area contributed by atoms with Crippen LogP contribution in [0, 0.1) is 10.1 Å². The van der Waals surface area contributed by atoms with Crippen LogP contribution in [0.3, 0.4) is 0 Å². The van der Waals surface area contributed by atoms with Crippen molar-refractivity contribution in [1.82, 2.24) is 5.32 Å². The van der Waals surface area contributed by atoms with Gasteiger partial charge < -0.3 is 15.4 Å². The molecular weight excluding hydrogens is 366 g/mol. The van der Waals surface area contributed by atoms with E-state index >= 15 is 0 Å². The average molecular weight is 385 g/mol. The van der Waals surface area contributed by atoms with E-state index in [9.17, 15) is 24.5 Å². The first-order valence-corrected chi connectivity index (χ1v) is 8.47. The van der Waals surface area contributed by atoms with Crippen LogP contribution in [0.5, 0.6) is 0 Å². The Labute approximate surface area is 160 Å². The lowest BCUT2D eigenvalue weighted by atomic mass is 10.1. The van der Waals surface area contributed by atoms with E-state index in [0.29, 0.717) is 5.69 Å². The number of anilines is 1. The highest BCUT2D eigenvalue weighted by Crippen LogP contribution is 2.12. The van der Waals surface area contributed by atoms with Gasteiger partial charge >= 0.3 is 12.0 Å². The van der Waals surface area contributed by atoms with E-state index in [2.05, 4.69) is 10.6 Å². The van der Waals surface area contributed by atoms with Crippen molar-refractivity contribution in [3.05, 3.63) is 70.3 Å². The van der Waals surface area contributed by atoms with Crippen LogP contribution in [0.25, 0.3) is 0 Å². The van der Waals surface area contributed by atoms with Crippen LogP contribution in [0.4, 0.5) is 16.2 Å². The molecule has 146 valence electrons. The summed E-state index contributed by atoms with van der Waals surface area (Å²) in [6.07, 6.45) is 0.271. The van der Waals surface area contributed by atoms with Gasteiger partial charge in [-0.05, 0) is 30.7 Å². The van der Waals surface area contributed by atoms with E-state index in [4.69, 9.17) is 4.74 Å². The maximum atomic E-state index is 12.1. The Balaban J connectivity index is 1.86. The summed E-state index contributed by atoms with van der Waals surface area (Å²) in [7, 11) is 0. The van der Waals surface area contributed by atoms with Gasteiger partial charge in [0.2, 0.25) is 0 Å². The SMILES string of the molecule is CC[C@@H](NC(=O)Nc1ccccc1)C(=O)OCC(=O)c1ccc([N+](=O)[O-])cc1. The number of amides is 2. The summed E-state index contributed by atoms with van der Waals surface area (Å²) in [6.45, 7) is 1.15. The number of hydrogen-bond acceptors (Lipinski definition) is 6. The number of carbonyl (C=O) groups is 3. The van der Waals surface area contributed by atoms with Crippen LogP contribution in [0.15, 0.2) is 54.6 Å². The van der Waals surface area contributed by atoms with Gasteiger partial charge in [-0.15, -0.1) is 0 Å². The minimum Gasteiger partial charge on any atom is -0.456 e. The normalized spacial score (nSPS) is 11.2. The molecule has 2 aromatic rings. The lowest BCUT2D eigenvalue weighted by molar-refractivity contribution is -0.384. The molecule has 0 fully saturated rings. The Bertz CT molecular complexity index is 852. The van der Waals surface area contributed by atoms with Crippen molar-refractivity contribution in [2.24, 2.45) is 0 Å². The number of Topliss-reactive ketones (excluding diaryl/α,β-unsaturated/α-hetero) is 1. The Morgan fingerprint density at radius 2 is 1.71 bits per heavy atom. The van der Waals surface area contributed by atoms with Gasteiger partial charge in [0.25, 0.3) is 5.69 Å². The van der Waals surface area contributed by atoms with Crippen LogP contribution in [0.2, 0.25) is 0 Å². The third kappa shape index (κ3) is 5.90. The lowest BCUT2D eigenvalue weighted by Crippen LogP contribution is -2.43. The van der Waals surface area contributed by atoms with Gasteiger partial charge in [0, 0.05) is 23.4 Å². The highest BCUT2D eigenvalue weighted by molar-refractivity contribution is 5.98. The molecule has 0 aromatic heterocycles. The second-order valence-electron chi connectivity index (χ2n) is 5.76. The highest BCUT2D eigenvalue weighted by Gasteiger charge is 2.22. The largest absolute Gasteiger partial charge is 0.456 e. The number of rotatable bonds is 8. The summed E-state index contributed by atoms with van der Waals surface area (Å²) in [6, 6.07) is 12.2. The smallest absolute Gasteiger partial charge is 0.329 e. The summed E-state index contributed by atoms with van der Waals surface area (Å²) >= 11 is 0. The fraction of sp³-hybridized carbons (Fsp3) is 0.211. The van der Waals surface area contributed by atoms with Gasteiger partial charge in [-0.2, -0.15) is 0 Å². The van der Waals surface area contributed by atoms with Crippen molar-refractivity contribution < 1.29 is 24.0 Å². The highest BCUT2D eigenvalue weighted by atomic mass is 16.6. The van der Waals surface area contributed by atoms with E-state index in [-0.39, 0.29) is 17.7 Å². The van der Waals surface area contributed by atoms with E-state index in [0.717, 1.165) is 0 Å². The minimum atomic E-state index is -0.923. The fourth-order valence-electron chi connectivity index (χ4n) is 2.26. The minimum absolute atomic E-state index is 0.145. The van der Waals surface area contributed by atoms with Crippen LogP contribution >= 0.6 is 0 Å². The summed E-state index contributed by atoms with van der Waals surface area (Å²) < 4.78 is 4.98. The number of urea groups is 1. The number of nitrogens with one attached hydrogen (secondary N) is 2. The molecule has 9 heteroatoms. The van der Waals surface area contributed by atoms with Gasteiger partial charge in [-0.3, -0.25) is 14.9 Å². The molecule has 0 spiro atoms. The standard InChI is InChI=1S/C19H19N3O6/c1-2-16(21-19(25)20-14-6-4-3-5-7-14)18(24)28-12-17(23)13-8-10-15(11-9-13)22(26)27/h3-11,16H,2,12H2,1H3,(H2,20,21,25)/t16-/m1/s1. The Morgan fingerprint density at radius 3 is 2.29 bits per heavy atom. The van der Waals surface area contributed by atoms with Crippen molar-refractivity contribution in [2.45, 2.75) is 19.4 Å². The number of hydrogen-bond donors (Lipinski definition) is 2. The molecule has 28 heavy (non-hydrogen) atoms. The second-order valence-corrected chi connectivity index (χ2v) is 5.76. The van der Waals surface area contributed by atoms with Crippen LogP contribution in [0.1, 0.15) is 23.7 Å². The first-order chi connectivity index (χ1) is 13.4. The molecule has 0 saturated carbocycles. The number of nitro benzene ring substituents is 1. The van der Waals surface area contributed by atoms with Crippen LogP contribution in [-0.2, 0) is 9.53 Å². The van der Waals surface area contributed by atoms with Gasteiger partial charge in [-0.1, -0.05) is 25.1 Å². The van der Waals surface area contributed by atoms with Gasteiger partial charge in [-0.25, -0.2) is 9.59 Å². The number of ketones is 1. The molecule has 0 aliphatic carbocycles. The number of esters is 1. The number of non-ortho nitro benzene ring substituents is 1. The molecule has 0 bridgehead atoms. The monoisotopic (exact) mass is 385 g/mol. The van der Waals surface area contributed by atoms with Crippen molar-refractivity contribution in [3.8, 4) is 0 Å². The van der Waals surface area contributed by atoms with Crippen molar-refractivity contribution in [3.63, 3.8) is 0 Å². The van der Waals surface area contributed by atoms with Gasteiger partial charge in [0.15, 0.2) is 12.4 Å². The molecule has 0 aliphatic heterocycles. The molecule has 0 unspecified atom stereocenters. The Morgan fingerprint density at radius 1 is 1.07 bits per heavy atom. The van der Waals surface area contributed by atoms with Crippen LogP contribution < -0.4 is 10.6 Å². The predicted molar refractivity (Wildman–Crippen MR) is 101 cm³/mol. The van der Waals surface area contributed by atoms with Crippen molar-refractivity contribution >= 4 is 29.2 Å². The molecule has 2 rings (SSSR count). The van der Waals surface area contributed by atoms with Gasteiger partial charge in [0.05, 0.1) is 4.92 Å². The molecule has 0 radical (unpaired) electrons. The molecule has 2 aromatic carbocycles. The lowest BCUT2D eigenvalue weighted by Gasteiger charge is -2.16. The maximum absolute atomic E-state index is 12.1. The number of carbonyl (C=O) groups excluding carboxylic acids is 3. The number of ether oxygens (including phenoxy) is 1. The van der Waals surface area contributed by atoms with Crippen LogP contribution in [-0.4, -0.2) is 35.4 Å². The average Bonchev–Trinajstić information content (AvgIpc) is 2.70. The first-order valence-electron chi connectivity index (χ1n) is 8.47. The number of benzene rings is 2. The fourth-order valence-corrected chi connectivity index (χ4v) is 2.26. The molecule has 9 nitrogen and oxygen atoms in total. The third-order valence-electron chi connectivity index (χ3n) is 3.78. The number of nitro groups is 1. The zero-order valence-corrected chi connectivity index (χ0v) is 15.1. The summed E-state index contributed by atoms with van der Waals surface area (Å²) in [5.74, 6) is -1.26. The Kier molecular flexibility index (Phi) is 7.21. The quantitative estimate of drug-likeness (QED) is 0.311. The molecule has 0 aliphatic rings. The maximum Gasteiger partial charge on any atom is 0.329 e. The molecule has 0 heterocycles. The van der Waals surface area contributed by atoms with Crippen molar-refractivity contribution in [1.29, 1.82) is 0 Å². The molecule has 2 N–H and O–H groups in total. The summed E-state index contributed by atoms with van der Waals surface area (Å²) in [5.41, 5.74) is 0.603. The molecule has 1 atom stereocenters. The number of para-hydroxylation sites is 1. The third-order valence-corrected chi connectivity index (χ3v) is 3.78. The van der Waals surface area contributed by atoms with E-state index in [1.54, 1.807) is 37.3 Å². The van der Waals surface area contributed by atoms with Gasteiger partial charge in [0.1, 0.15) is 6.04 Å². The zero-order chi connectivity index (χ0) is 20.5. The zero-order valence-electron chi connectivity index (χ0n) is 15.1. The van der Waals surface area contributed by atoms with E-state index < -0.39 is 35.4 Å². The Hall–Kier alpha value is -3.75. The summed E-state index contributed by atoms with van der Waals surface area (Å²) in [4.78, 5) is 46.2. The molecule has 2 amide bonds. The molecule has 0 saturated heterocycles. The topological polar surface area (TPSA) is 128 Å². The molecular formula is C19H19N3O6.